The normalized spacial score (nSPS) is 21.6. The summed E-state index contributed by atoms with van der Waals surface area (Å²) in [5.41, 5.74) is -1.42. The van der Waals surface area contributed by atoms with E-state index in [-0.39, 0.29) is 25.2 Å². The van der Waals surface area contributed by atoms with Gasteiger partial charge in [-0.25, -0.2) is 9.69 Å². The summed E-state index contributed by atoms with van der Waals surface area (Å²) in [6.45, 7) is 4.06. The molecule has 10 heteroatoms. The van der Waals surface area contributed by atoms with Gasteiger partial charge in [0.25, 0.3) is 5.91 Å². The summed E-state index contributed by atoms with van der Waals surface area (Å²) in [6, 6.07) is 6.41. The second-order valence-corrected chi connectivity index (χ2v) is 5.98. The van der Waals surface area contributed by atoms with Gasteiger partial charge in [-0.15, -0.1) is 15.1 Å². The Labute approximate surface area is 154 Å². The molecule has 0 aromatic heterocycles. The Morgan fingerprint density at radius 2 is 1.89 bits per heavy atom. The number of hydrazone groups is 1. The molecule has 2 aliphatic rings. The molecule has 1 atom stereocenters. The van der Waals surface area contributed by atoms with Gasteiger partial charge in [-0.2, -0.15) is 0 Å². The first kappa shape index (κ1) is 18.5. The predicted octanol–water partition coefficient (Wildman–Crippen LogP) is 1.39. The number of esters is 1. The number of anilines is 1. The molecule has 0 unspecified atom stereocenters. The average molecular weight is 374 g/mol. The number of rotatable bonds is 6. The summed E-state index contributed by atoms with van der Waals surface area (Å²) in [6.07, 6.45) is -0.549. The van der Waals surface area contributed by atoms with Crippen molar-refractivity contribution in [3.8, 4) is 5.75 Å². The summed E-state index contributed by atoms with van der Waals surface area (Å²) in [4.78, 5) is 49.7. The van der Waals surface area contributed by atoms with Crippen molar-refractivity contribution in [2.45, 2.75) is 32.2 Å². The topological polar surface area (TPSA) is 118 Å². The number of hydrogen-bond donors (Lipinski definition) is 0. The largest absolute Gasteiger partial charge is 0.494 e. The molecular formula is C17H18N4O6. The zero-order valence-corrected chi connectivity index (χ0v) is 14.9. The van der Waals surface area contributed by atoms with Gasteiger partial charge in [-0.1, -0.05) is 0 Å². The molecule has 1 fully saturated rings. The zero-order chi connectivity index (χ0) is 19.6. The van der Waals surface area contributed by atoms with E-state index in [0.717, 1.165) is 4.90 Å². The molecule has 0 N–H and O–H groups in total. The monoisotopic (exact) mass is 374 g/mol. The third-order valence-corrected chi connectivity index (χ3v) is 4.35. The van der Waals surface area contributed by atoms with Crippen molar-refractivity contribution in [3.05, 3.63) is 29.2 Å². The lowest BCUT2D eigenvalue weighted by Gasteiger charge is -2.24. The van der Waals surface area contributed by atoms with Crippen molar-refractivity contribution in [2.24, 2.45) is 10.4 Å². The van der Waals surface area contributed by atoms with Crippen molar-refractivity contribution < 1.29 is 23.9 Å². The molecule has 2 aliphatic heterocycles. The van der Waals surface area contributed by atoms with Crippen LogP contribution in [0.1, 0.15) is 26.7 Å². The van der Waals surface area contributed by atoms with Gasteiger partial charge in [0.05, 0.1) is 30.6 Å². The molecule has 142 valence electrons. The summed E-state index contributed by atoms with van der Waals surface area (Å²) in [7, 11) is 0. The number of carbonyl (C=O) groups is 3. The van der Waals surface area contributed by atoms with E-state index in [1.807, 2.05) is 6.92 Å². The fourth-order valence-corrected chi connectivity index (χ4v) is 3.16. The van der Waals surface area contributed by atoms with Crippen molar-refractivity contribution >= 4 is 29.2 Å². The highest BCUT2D eigenvalue weighted by atomic mass is 16.5. The number of carbonyl (C=O) groups excluding carboxylic acids is 3. The number of hydrogen-bond acceptors (Lipinski definition) is 8. The third kappa shape index (κ3) is 3.03. The van der Waals surface area contributed by atoms with Crippen LogP contribution in [0.5, 0.6) is 5.75 Å². The van der Waals surface area contributed by atoms with E-state index in [1.54, 1.807) is 31.2 Å². The van der Waals surface area contributed by atoms with E-state index >= 15 is 0 Å². The molecule has 0 radical (unpaired) electrons. The Bertz CT molecular complexity index is 821. The number of nitrogens with zero attached hydrogens (tertiary/aromatic N) is 4. The van der Waals surface area contributed by atoms with Gasteiger partial charge in [0.15, 0.2) is 11.3 Å². The number of amides is 2. The van der Waals surface area contributed by atoms with Crippen LogP contribution >= 0.6 is 0 Å². The van der Waals surface area contributed by atoms with Crippen molar-refractivity contribution in [1.82, 2.24) is 5.12 Å². The Kier molecular flexibility index (Phi) is 4.89. The molecule has 1 spiro atoms. The first-order chi connectivity index (χ1) is 13.0. The fourth-order valence-electron chi connectivity index (χ4n) is 3.16. The quantitative estimate of drug-likeness (QED) is 0.419. The molecule has 3 rings (SSSR count). The molecule has 2 heterocycles. The SMILES string of the molecule is CCOC(=O)C1=NN(N=O)[C@@]2(CC(=O)N(c3ccc(OCC)cc3)C2=O)C1. The van der Waals surface area contributed by atoms with Crippen molar-refractivity contribution in [2.75, 3.05) is 18.1 Å². The van der Waals surface area contributed by atoms with Crippen molar-refractivity contribution in [3.63, 3.8) is 0 Å². The molecule has 1 aromatic rings. The molecule has 0 bridgehead atoms. The van der Waals surface area contributed by atoms with E-state index in [0.29, 0.717) is 23.2 Å². The minimum atomic E-state index is -1.64. The molecule has 0 saturated carbocycles. The number of benzene rings is 1. The highest BCUT2D eigenvalue weighted by molar-refractivity contribution is 6.39. The molecule has 0 aliphatic carbocycles. The Balaban J connectivity index is 1.89. The maximum atomic E-state index is 13.1. The Morgan fingerprint density at radius 3 is 2.48 bits per heavy atom. The van der Waals surface area contributed by atoms with Gasteiger partial charge >= 0.3 is 5.97 Å². The van der Waals surface area contributed by atoms with Crippen LogP contribution in [-0.2, 0) is 19.1 Å². The molecule has 1 saturated heterocycles. The smallest absolute Gasteiger partial charge is 0.354 e. The highest BCUT2D eigenvalue weighted by Crippen LogP contribution is 2.40. The van der Waals surface area contributed by atoms with Gasteiger partial charge in [0, 0.05) is 6.42 Å². The van der Waals surface area contributed by atoms with E-state index in [2.05, 4.69) is 10.4 Å². The number of imide groups is 1. The van der Waals surface area contributed by atoms with E-state index in [9.17, 15) is 19.3 Å². The lowest BCUT2D eigenvalue weighted by molar-refractivity contribution is -0.135. The maximum absolute atomic E-state index is 13.1. The van der Waals surface area contributed by atoms with Crippen LogP contribution in [0.3, 0.4) is 0 Å². The minimum absolute atomic E-state index is 0.116. The summed E-state index contributed by atoms with van der Waals surface area (Å²) >= 11 is 0. The predicted molar refractivity (Wildman–Crippen MR) is 93.8 cm³/mol. The van der Waals surface area contributed by atoms with E-state index in [1.165, 1.54) is 0 Å². The van der Waals surface area contributed by atoms with E-state index < -0.39 is 23.3 Å². The van der Waals surface area contributed by atoms with Gasteiger partial charge < -0.3 is 9.47 Å². The maximum Gasteiger partial charge on any atom is 0.354 e. The average Bonchev–Trinajstić information content (AvgIpc) is 3.14. The second-order valence-electron chi connectivity index (χ2n) is 5.98. The summed E-state index contributed by atoms with van der Waals surface area (Å²) < 4.78 is 10.2. The molecule has 10 nitrogen and oxygen atoms in total. The minimum Gasteiger partial charge on any atom is -0.494 e. The standard InChI is InChI=1S/C17H18N4O6/c1-3-26-12-7-5-11(6-8-12)20-14(22)10-17(16(20)24)9-13(15(23)27-4-2)18-21(17)19-25/h5-8H,3-4,9-10H2,1-2H3/t17-/m1/s1. The molecule has 27 heavy (non-hydrogen) atoms. The van der Waals surface area contributed by atoms with Crippen LogP contribution < -0.4 is 9.64 Å². The lowest BCUT2D eigenvalue weighted by Crippen LogP contribution is -2.48. The number of ether oxygens (including phenoxy) is 2. The van der Waals surface area contributed by atoms with Gasteiger partial charge in [-0.05, 0) is 38.1 Å². The Morgan fingerprint density at radius 1 is 1.19 bits per heavy atom. The first-order valence-corrected chi connectivity index (χ1v) is 8.45. The van der Waals surface area contributed by atoms with Gasteiger partial charge in [-0.3, -0.25) is 9.59 Å². The van der Waals surface area contributed by atoms with Crippen LogP contribution in [0.25, 0.3) is 0 Å². The number of nitroso groups, excluding NO2 is 1. The highest BCUT2D eigenvalue weighted by Gasteiger charge is 2.61. The third-order valence-electron chi connectivity index (χ3n) is 4.35. The molecule has 2 amide bonds. The second kappa shape index (κ2) is 7.14. The van der Waals surface area contributed by atoms with Crippen LogP contribution in [0.15, 0.2) is 34.7 Å². The van der Waals surface area contributed by atoms with Crippen molar-refractivity contribution in [1.29, 1.82) is 0 Å². The van der Waals surface area contributed by atoms with Crippen LogP contribution in [-0.4, -0.2) is 47.4 Å². The lowest BCUT2D eigenvalue weighted by atomic mass is 9.92. The summed E-state index contributed by atoms with van der Waals surface area (Å²) in [5.74, 6) is -1.33. The molecular weight excluding hydrogens is 356 g/mol. The van der Waals surface area contributed by atoms with Gasteiger partial charge in [0.1, 0.15) is 5.75 Å². The van der Waals surface area contributed by atoms with Crippen LogP contribution in [0, 0.1) is 4.91 Å². The zero-order valence-electron chi connectivity index (χ0n) is 14.9. The van der Waals surface area contributed by atoms with Crippen LogP contribution in [0.2, 0.25) is 0 Å². The first-order valence-electron chi connectivity index (χ1n) is 8.45. The van der Waals surface area contributed by atoms with Crippen LogP contribution in [0.4, 0.5) is 5.69 Å². The fraction of sp³-hybridized carbons (Fsp3) is 0.412. The van der Waals surface area contributed by atoms with E-state index in [4.69, 9.17) is 9.47 Å². The Hall–Kier alpha value is -3.30. The molecule has 1 aromatic carbocycles. The summed E-state index contributed by atoms with van der Waals surface area (Å²) in [5, 5.41) is 7.13. The van der Waals surface area contributed by atoms with Gasteiger partial charge in [0.2, 0.25) is 5.91 Å².